The normalized spacial score (nSPS) is 13.7. The van der Waals surface area contributed by atoms with E-state index in [9.17, 15) is 14.4 Å². The summed E-state index contributed by atoms with van der Waals surface area (Å²) in [5.41, 5.74) is 0.693. The number of anilines is 1. The number of carbonyl (C=O) groups excluding carboxylic acids is 2. The number of nitrogens with zero attached hydrogens (tertiary/aromatic N) is 3. The van der Waals surface area contributed by atoms with Gasteiger partial charge in [0.1, 0.15) is 5.56 Å². The SMILES string of the molecule is C.CCOC(=O)c1c(N2CCN(C(=O)c3ccco3)CC2)c2cc(Cl)ccc2n(C)c1=O. The Hall–Kier alpha value is -3.26. The van der Waals surface area contributed by atoms with Crippen LogP contribution < -0.4 is 10.5 Å². The number of fused-ring (bicyclic) bond motifs is 1. The zero-order valence-corrected chi connectivity index (χ0v) is 18.0. The van der Waals surface area contributed by atoms with E-state index >= 15 is 0 Å². The molecule has 0 unspecified atom stereocenters. The second kappa shape index (κ2) is 9.48. The second-order valence-electron chi connectivity index (χ2n) is 7.23. The maximum Gasteiger partial charge on any atom is 0.345 e. The first-order chi connectivity index (χ1) is 14.9. The molecule has 0 radical (unpaired) electrons. The molecule has 9 heteroatoms. The third kappa shape index (κ3) is 4.10. The minimum absolute atomic E-state index is 0. The van der Waals surface area contributed by atoms with E-state index in [0.717, 1.165) is 0 Å². The molecule has 0 bridgehead atoms. The first-order valence-corrected chi connectivity index (χ1v) is 10.4. The Morgan fingerprint density at radius 2 is 1.88 bits per heavy atom. The van der Waals surface area contributed by atoms with Gasteiger partial charge in [-0.25, -0.2) is 4.79 Å². The van der Waals surface area contributed by atoms with E-state index < -0.39 is 11.5 Å². The molecule has 2 aromatic heterocycles. The highest BCUT2D eigenvalue weighted by atomic mass is 35.5. The van der Waals surface area contributed by atoms with E-state index in [-0.39, 0.29) is 31.3 Å². The monoisotopic (exact) mass is 459 g/mol. The number of piperazine rings is 1. The average Bonchev–Trinajstić information content (AvgIpc) is 3.30. The number of hydrogen-bond donors (Lipinski definition) is 0. The van der Waals surface area contributed by atoms with Crippen LogP contribution in [0.25, 0.3) is 10.9 Å². The lowest BCUT2D eigenvalue weighted by molar-refractivity contribution is 0.0523. The Labute approximate surface area is 190 Å². The molecular weight excluding hydrogens is 434 g/mol. The molecular formula is C23H26ClN3O5. The topological polar surface area (TPSA) is 85.0 Å². The largest absolute Gasteiger partial charge is 0.462 e. The Bertz CT molecular complexity index is 1190. The number of furan rings is 1. The van der Waals surface area contributed by atoms with Gasteiger partial charge in [-0.05, 0) is 37.3 Å². The number of halogens is 1. The number of aromatic nitrogens is 1. The van der Waals surface area contributed by atoms with E-state index in [0.29, 0.717) is 47.8 Å². The molecule has 0 N–H and O–H groups in total. The van der Waals surface area contributed by atoms with Gasteiger partial charge in [0, 0.05) is 43.6 Å². The number of pyridine rings is 1. The summed E-state index contributed by atoms with van der Waals surface area (Å²) in [6, 6.07) is 8.51. The molecule has 170 valence electrons. The number of aryl methyl sites for hydroxylation is 1. The number of ether oxygens (including phenoxy) is 1. The molecule has 0 atom stereocenters. The predicted molar refractivity (Wildman–Crippen MR) is 124 cm³/mol. The third-order valence-electron chi connectivity index (χ3n) is 5.43. The number of rotatable bonds is 4. The van der Waals surface area contributed by atoms with Crippen LogP contribution in [0, 0.1) is 0 Å². The fraction of sp³-hybridized carbons (Fsp3) is 0.348. The van der Waals surface area contributed by atoms with Crippen molar-refractivity contribution in [1.82, 2.24) is 9.47 Å². The predicted octanol–water partition coefficient (Wildman–Crippen LogP) is 3.56. The van der Waals surface area contributed by atoms with Gasteiger partial charge in [0.05, 0.1) is 24.1 Å². The van der Waals surface area contributed by atoms with Crippen molar-refractivity contribution < 1.29 is 18.7 Å². The van der Waals surface area contributed by atoms with Crippen molar-refractivity contribution in [2.24, 2.45) is 7.05 Å². The fourth-order valence-corrected chi connectivity index (χ4v) is 4.08. The molecule has 1 amide bonds. The summed E-state index contributed by atoms with van der Waals surface area (Å²) in [6.45, 7) is 3.55. The summed E-state index contributed by atoms with van der Waals surface area (Å²) in [7, 11) is 1.62. The molecule has 0 saturated carbocycles. The summed E-state index contributed by atoms with van der Waals surface area (Å²) in [4.78, 5) is 42.1. The molecule has 1 fully saturated rings. The van der Waals surface area contributed by atoms with Crippen molar-refractivity contribution in [1.29, 1.82) is 0 Å². The fourth-order valence-electron chi connectivity index (χ4n) is 3.91. The van der Waals surface area contributed by atoms with Crippen molar-refractivity contribution >= 4 is 40.1 Å². The lowest BCUT2D eigenvalue weighted by atomic mass is 10.1. The van der Waals surface area contributed by atoms with Crippen molar-refractivity contribution in [2.45, 2.75) is 14.4 Å². The quantitative estimate of drug-likeness (QED) is 0.554. The average molecular weight is 460 g/mol. The van der Waals surface area contributed by atoms with Gasteiger partial charge >= 0.3 is 5.97 Å². The zero-order chi connectivity index (χ0) is 22.1. The standard InChI is InChI=1S/C22H22ClN3O5.CH4/c1-3-30-22(29)18-19(15-13-14(23)6-7-16(15)24(2)21(18)28)25-8-10-26(11-9-25)20(27)17-5-4-12-31-17;/h4-7,12-13H,3,8-11H2,1-2H3;1H4. The van der Waals surface area contributed by atoms with E-state index in [1.807, 2.05) is 4.90 Å². The van der Waals surface area contributed by atoms with Gasteiger partial charge in [-0.15, -0.1) is 0 Å². The Kier molecular flexibility index (Phi) is 6.93. The molecule has 4 rings (SSSR count). The molecule has 1 aliphatic heterocycles. The van der Waals surface area contributed by atoms with Gasteiger partial charge in [-0.1, -0.05) is 19.0 Å². The first-order valence-electron chi connectivity index (χ1n) is 9.99. The maximum absolute atomic E-state index is 13.1. The lowest BCUT2D eigenvalue weighted by Crippen LogP contribution is -2.49. The zero-order valence-electron chi connectivity index (χ0n) is 17.3. The van der Waals surface area contributed by atoms with Crippen LogP contribution in [0.3, 0.4) is 0 Å². The van der Waals surface area contributed by atoms with Crippen LogP contribution in [-0.2, 0) is 11.8 Å². The second-order valence-corrected chi connectivity index (χ2v) is 7.66. The number of benzene rings is 1. The summed E-state index contributed by atoms with van der Waals surface area (Å²) in [5, 5.41) is 1.18. The van der Waals surface area contributed by atoms with Crippen LogP contribution in [0.5, 0.6) is 0 Å². The highest BCUT2D eigenvalue weighted by molar-refractivity contribution is 6.31. The number of esters is 1. The summed E-state index contributed by atoms with van der Waals surface area (Å²) < 4.78 is 11.8. The third-order valence-corrected chi connectivity index (χ3v) is 5.66. The van der Waals surface area contributed by atoms with E-state index in [2.05, 4.69) is 0 Å². The van der Waals surface area contributed by atoms with Crippen molar-refractivity contribution in [3.8, 4) is 0 Å². The van der Waals surface area contributed by atoms with Crippen LogP contribution in [0.1, 0.15) is 35.3 Å². The van der Waals surface area contributed by atoms with E-state index in [1.54, 1.807) is 49.2 Å². The van der Waals surface area contributed by atoms with E-state index in [1.165, 1.54) is 10.8 Å². The highest BCUT2D eigenvalue weighted by Crippen LogP contribution is 2.32. The van der Waals surface area contributed by atoms with Crippen LogP contribution in [0.4, 0.5) is 5.69 Å². The molecule has 1 aromatic carbocycles. The number of amides is 1. The van der Waals surface area contributed by atoms with Gasteiger partial charge in [0.2, 0.25) is 0 Å². The molecule has 1 saturated heterocycles. The number of carbonyl (C=O) groups is 2. The van der Waals surface area contributed by atoms with Crippen molar-refractivity contribution in [3.05, 3.63) is 63.3 Å². The molecule has 0 spiro atoms. The summed E-state index contributed by atoms with van der Waals surface area (Å²) in [5.74, 6) is -0.576. The van der Waals surface area contributed by atoms with Gasteiger partial charge in [-0.2, -0.15) is 0 Å². The minimum Gasteiger partial charge on any atom is -0.462 e. The van der Waals surface area contributed by atoms with Gasteiger partial charge in [-0.3, -0.25) is 9.59 Å². The lowest BCUT2D eigenvalue weighted by Gasteiger charge is -2.37. The van der Waals surface area contributed by atoms with Crippen LogP contribution in [0.15, 0.2) is 45.8 Å². The molecule has 32 heavy (non-hydrogen) atoms. The van der Waals surface area contributed by atoms with E-state index in [4.69, 9.17) is 20.8 Å². The van der Waals surface area contributed by atoms with Crippen LogP contribution in [0.2, 0.25) is 5.02 Å². The summed E-state index contributed by atoms with van der Waals surface area (Å²) >= 11 is 6.25. The smallest absolute Gasteiger partial charge is 0.345 e. The minimum atomic E-state index is -0.672. The Balaban J connectivity index is 0.00000289. The maximum atomic E-state index is 13.1. The van der Waals surface area contributed by atoms with Crippen LogP contribution >= 0.6 is 11.6 Å². The highest BCUT2D eigenvalue weighted by Gasteiger charge is 2.30. The summed E-state index contributed by atoms with van der Waals surface area (Å²) in [6.07, 6.45) is 1.46. The van der Waals surface area contributed by atoms with Crippen molar-refractivity contribution in [2.75, 3.05) is 37.7 Å². The van der Waals surface area contributed by atoms with Gasteiger partial charge in [0.15, 0.2) is 5.76 Å². The molecule has 0 aliphatic carbocycles. The Morgan fingerprint density at radius 1 is 1.16 bits per heavy atom. The Morgan fingerprint density at radius 3 is 2.50 bits per heavy atom. The van der Waals surface area contributed by atoms with Crippen LogP contribution in [-0.4, -0.2) is 54.1 Å². The first kappa shape index (κ1) is 23.4. The molecule has 3 aromatic rings. The molecule has 8 nitrogen and oxygen atoms in total. The van der Waals surface area contributed by atoms with Gasteiger partial charge < -0.3 is 23.5 Å². The number of hydrogen-bond acceptors (Lipinski definition) is 6. The molecule has 1 aliphatic rings. The van der Waals surface area contributed by atoms with Crippen molar-refractivity contribution in [3.63, 3.8) is 0 Å². The van der Waals surface area contributed by atoms with Gasteiger partial charge in [0.25, 0.3) is 11.5 Å². The molecule has 3 heterocycles.